The number of hydrogen-bond donors (Lipinski definition) is 0. The van der Waals surface area contributed by atoms with E-state index >= 15 is 0 Å². The van der Waals surface area contributed by atoms with E-state index in [4.69, 9.17) is 14.5 Å². The number of aromatic nitrogens is 1. The average Bonchev–Trinajstić information content (AvgIpc) is 3.35. The van der Waals surface area contributed by atoms with Gasteiger partial charge in [0.1, 0.15) is 18.2 Å². The van der Waals surface area contributed by atoms with E-state index in [9.17, 15) is 14.0 Å². The van der Waals surface area contributed by atoms with Gasteiger partial charge in [-0.05, 0) is 54.0 Å². The lowest BCUT2D eigenvalue weighted by atomic mass is 9.93. The second-order valence-corrected chi connectivity index (χ2v) is 10.8. The predicted molar refractivity (Wildman–Crippen MR) is 165 cm³/mol. The summed E-state index contributed by atoms with van der Waals surface area (Å²) >= 11 is 1.23. The van der Waals surface area contributed by atoms with E-state index < -0.39 is 17.8 Å². The zero-order valence-corrected chi connectivity index (χ0v) is 24.1. The van der Waals surface area contributed by atoms with Crippen LogP contribution in [0.2, 0.25) is 0 Å². The van der Waals surface area contributed by atoms with Crippen LogP contribution in [0.25, 0.3) is 11.8 Å². The summed E-state index contributed by atoms with van der Waals surface area (Å²) < 4.78 is 27.3. The Morgan fingerprint density at radius 2 is 1.60 bits per heavy atom. The Morgan fingerprint density at radius 1 is 0.930 bits per heavy atom. The summed E-state index contributed by atoms with van der Waals surface area (Å²) in [6, 6.07) is 31.6. The summed E-state index contributed by atoms with van der Waals surface area (Å²) in [5.74, 6) is -0.289. The molecular weight excluding hydrogens is 563 g/mol. The van der Waals surface area contributed by atoms with Crippen molar-refractivity contribution in [2.45, 2.75) is 19.6 Å². The van der Waals surface area contributed by atoms with Gasteiger partial charge >= 0.3 is 5.97 Å². The Labute approximate surface area is 251 Å². The van der Waals surface area contributed by atoms with Crippen molar-refractivity contribution in [3.05, 3.63) is 163 Å². The first-order valence-corrected chi connectivity index (χ1v) is 14.6. The summed E-state index contributed by atoms with van der Waals surface area (Å²) in [6.07, 6.45) is 1.79. The maximum atomic E-state index is 14.0. The van der Waals surface area contributed by atoms with E-state index in [0.717, 1.165) is 11.1 Å². The van der Waals surface area contributed by atoms with Gasteiger partial charge in [0.15, 0.2) is 4.80 Å². The maximum absolute atomic E-state index is 14.0. The van der Waals surface area contributed by atoms with Gasteiger partial charge in [0.05, 0.1) is 28.5 Å². The molecule has 0 aliphatic carbocycles. The quantitative estimate of drug-likeness (QED) is 0.219. The van der Waals surface area contributed by atoms with Gasteiger partial charge in [-0.15, -0.1) is 0 Å². The highest BCUT2D eigenvalue weighted by molar-refractivity contribution is 7.07. The van der Waals surface area contributed by atoms with Crippen LogP contribution >= 0.6 is 11.3 Å². The molecule has 1 aliphatic rings. The molecule has 1 aliphatic heterocycles. The van der Waals surface area contributed by atoms with Crippen molar-refractivity contribution < 1.29 is 18.7 Å². The third kappa shape index (κ3) is 5.96. The highest BCUT2D eigenvalue weighted by Gasteiger charge is 2.35. The van der Waals surface area contributed by atoms with Crippen LogP contribution in [0.1, 0.15) is 35.2 Å². The first-order chi connectivity index (χ1) is 21.0. The number of benzene rings is 4. The van der Waals surface area contributed by atoms with E-state index in [1.165, 1.54) is 28.0 Å². The van der Waals surface area contributed by atoms with Crippen molar-refractivity contribution in [3.8, 4) is 5.75 Å². The van der Waals surface area contributed by atoms with E-state index in [0.29, 0.717) is 38.5 Å². The first-order valence-electron chi connectivity index (χ1n) is 13.8. The molecule has 0 bridgehead atoms. The van der Waals surface area contributed by atoms with Gasteiger partial charge in [0.25, 0.3) is 5.56 Å². The predicted octanol–water partition coefficient (Wildman–Crippen LogP) is 5.65. The first kappa shape index (κ1) is 28.1. The fraction of sp³-hybridized carbons (Fsp3) is 0.114. The fourth-order valence-corrected chi connectivity index (χ4v) is 5.95. The number of carbonyl (C=O) groups is 1. The highest BCUT2D eigenvalue weighted by Crippen LogP contribution is 2.35. The van der Waals surface area contributed by atoms with E-state index in [1.807, 2.05) is 84.9 Å². The molecule has 1 atom stereocenters. The molecule has 6 rings (SSSR count). The second-order valence-electron chi connectivity index (χ2n) is 9.83. The van der Waals surface area contributed by atoms with Gasteiger partial charge in [0.2, 0.25) is 0 Å². The standard InChI is InChI=1S/C35H27FN2O4S/c1-2-41-34(40)30-31(25-11-7-4-8-12-25)37-35-38(32(30)26-15-17-27(36)18-16-26)33(39)29(43-35)21-23-13-19-28(20-14-23)42-22-24-9-5-3-6-10-24/h3-21,32H,2,22H2,1H3/b29-21-/t32-/m0/s1. The average molecular weight is 591 g/mol. The molecule has 2 heterocycles. The molecule has 214 valence electrons. The molecular formula is C35H27FN2O4S. The number of rotatable bonds is 8. The van der Waals surface area contributed by atoms with Crippen molar-refractivity contribution >= 4 is 29.1 Å². The molecule has 0 amide bonds. The minimum Gasteiger partial charge on any atom is -0.489 e. The van der Waals surface area contributed by atoms with Gasteiger partial charge in [-0.3, -0.25) is 9.36 Å². The van der Waals surface area contributed by atoms with E-state index in [1.54, 1.807) is 25.1 Å². The number of hydrogen-bond acceptors (Lipinski definition) is 6. The molecule has 0 spiro atoms. The smallest absolute Gasteiger partial charge is 0.338 e. The van der Waals surface area contributed by atoms with Crippen LogP contribution in [-0.2, 0) is 16.1 Å². The molecule has 0 unspecified atom stereocenters. The van der Waals surface area contributed by atoms with Crippen LogP contribution in [-0.4, -0.2) is 17.1 Å². The minimum absolute atomic E-state index is 0.149. The van der Waals surface area contributed by atoms with Crippen molar-refractivity contribution in [1.29, 1.82) is 0 Å². The highest BCUT2D eigenvalue weighted by atomic mass is 32.1. The summed E-state index contributed by atoms with van der Waals surface area (Å²) in [6.45, 7) is 2.32. The molecule has 4 aromatic carbocycles. The molecule has 8 heteroatoms. The number of fused-ring (bicyclic) bond motifs is 1. The number of carbonyl (C=O) groups excluding carboxylic acids is 1. The monoisotopic (exact) mass is 590 g/mol. The van der Waals surface area contributed by atoms with Crippen molar-refractivity contribution in [3.63, 3.8) is 0 Å². The zero-order chi connectivity index (χ0) is 29.8. The van der Waals surface area contributed by atoms with Crippen LogP contribution in [0.5, 0.6) is 5.75 Å². The molecule has 6 nitrogen and oxygen atoms in total. The third-order valence-electron chi connectivity index (χ3n) is 6.99. The van der Waals surface area contributed by atoms with Crippen LogP contribution < -0.4 is 19.6 Å². The van der Waals surface area contributed by atoms with Crippen LogP contribution in [0.15, 0.2) is 125 Å². The SMILES string of the molecule is CCOC(=O)C1=C(c2ccccc2)N=c2s/c(=C\c3ccc(OCc4ccccc4)cc3)c(=O)n2[C@H]1c1ccc(F)cc1. The molecule has 0 saturated carbocycles. The largest absolute Gasteiger partial charge is 0.489 e. The fourth-order valence-electron chi connectivity index (χ4n) is 4.95. The topological polar surface area (TPSA) is 69.9 Å². The molecule has 1 aromatic heterocycles. The van der Waals surface area contributed by atoms with Gasteiger partial charge in [-0.1, -0.05) is 96.3 Å². The van der Waals surface area contributed by atoms with E-state index in [2.05, 4.69) is 0 Å². The Kier molecular flexibility index (Phi) is 8.11. The normalized spacial score (nSPS) is 14.7. The lowest BCUT2D eigenvalue weighted by molar-refractivity contribution is -0.138. The number of nitrogens with zero attached hydrogens (tertiary/aromatic N) is 2. The van der Waals surface area contributed by atoms with Crippen LogP contribution in [0.3, 0.4) is 0 Å². The Bertz CT molecular complexity index is 1960. The number of ether oxygens (including phenoxy) is 2. The maximum Gasteiger partial charge on any atom is 0.338 e. The van der Waals surface area contributed by atoms with Crippen LogP contribution in [0.4, 0.5) is 4.39 Å². The number of esters is 1. The summed E-state index contributed by atoms with van der Waals surface area (Å²) in [5, 5.41) is 0. The molecule has 5 aromatic rings. The van der Waals surface area contributed by atoms with Gasteiger partial charge < -0.3 is 9.47 Å². The lowest BCUT2D eigenvalue weighted by Crippen LogP contribution is -2.40. The molecule has 43 heavy (non-hydrogen) atoms. The molecule has 0 fully saturated rings. The second kappa shape index (κ2) is 12.4. The molecule has 0 saturated heterocycles. The summed E-state index contributed by atoms with van der Waals surface area (Å²) in [5.41, 5.74) is 3.49. The number of halogens is 1. The van der Waals surface area contributed by atoms with Gasteiger partial charge in [-0.2, -0.15) is 0 Å². The third-order valence-corrected chi connectivity index (χ3v) is 7.97. The van der Waals surface area contributed by atoms with Crippen LogP contribution in [0, 0.1) is 5.82 Å². The molecule has 0 N–H and O–H groups in total. The Hall–Kier alpha value is -5.08. The zero-order valence-electron chi connectivity index (χ0n) is 23.3. The van der Waals surface area contributed by atoms with Crippen molar-refractivity contribution in [2.24, 2.45) is 4.99 Å². The summed E-state index contributed by atoms with van der Waals surface area (Å²) in [4.78, 5) is 32.7. The Morgan fingerprint density at radius 3 is 2.28 bits per heavy atom. The summed E-state index contributed by atoms with van der Waals surface area (Å²) in [7, 11) is 0. The van der Waals surface area contributed by atoms with Crippen molar-refractivity contribution in [2.75, 3.05) is 6.61 Å². The minimum atomic E-state index is -0.859. The number of thiazole rings is 1. The van der Waals surface area contributed by atoms with Gasteiger partial charge in [0, 0.05) is 5.56 Å². The van der Waals surface area contributed by atoms with E-state index in [-0.39, 0.29) is 17.7 Å². The Balaban J connectivity index is 1.45. The van der Waals surface area contributed by atoms with Crippen molar-refractivity contribution in [1.82, 2.24) is 4.57 Å². The molecule has 0 radical (unpaired) electrons. The van der Waals surface area contributed by atoms with Gasteiger partial charge in [-0.25, -0.2) is 14.2 Å². The lowest BCUT2D eigenvalue weighted by Gasteiger charge is -2.25.